The molecule has 0 atom stereocenters. The van der Waals surface area contributed by atoms with Gasteiger partial charge in [-0.3, -0.25) is 9.59 Å². The largest absolute Gasteiger partial charge is 0.461 e. The predicted octanol–water partition coefficient (Wildman–Crippen LogP) is -0.298. The lowest BCUT2D eigenvalue weighted by atomic mass is 9.79. The van der Waals surface area contributed by atoms with E-state index < -0.39 is 11.9 Å². The standard InChI is InChI=1S/C17H17B3O4S2/c1-10-6-25-8-12(9-26-7-10)23-15(21)2-3-16(22)24-17-13(19)4-11(18)5-14(17)20/h4-5,12H,1-3,6-9H2. The Morgan fingerprint density at radius 1 is 1.04 bits per heavy atom. The Morgan fingerprint density at radius 3 is 2.15 bits per heavy atom. The Morgan fingerprint density at radius 2 is 1.58 bits per heavy atom. The number of carbonyl (C=O) groups is 2. The average Bonchev–Trinajstić information content (AvgIpc) is 2.54. The van der Waals surface area contributed by atoms with Crippen LogP contribution in [0.5, 0.6) is 5.75 Å². The average molecular weight is 382 g/mol. The van der Waals surface area contributed by atoms with E-state index in [0.29, 0.717) is 5.46 Å². The van der Waals surface area contributed by atoms with Crippen LogP contribution in [0.3, 0.4) is 0 Å². The number of ether oxygens (including phenoxy) is 2. The molecule has 0 saturated carbocycles. The lowest BCUT2D eigenvalue weighted by Gasteiger charge is -2.20. The lowest BCUT2D eigenvalue weighted by Crippen LogP contribution is -2.29. The van der Waals surface area contributed by atoms with Gasteiger partial charge in [0, 0.05) is 23.0 Å². The minimum absolute atomic E-state index is 0.0608. The molecule has 26 heavy (non-hydrogen) atoms. The van der Waals surface area contributed by atoms with E-state index in [-0.39, 0.29) is 35.6 Å². The van der Waals surface area contributed by atoms with Crippen LogP contribution in [0.25, 0.3) is 0 Å². The van der Waals surface area contributed by atoms with E-state index in [1.807, 2.05) is 0 Å². The Balaban J connectivity index is 1.78. The fraction of sp³-hybridized carbons (Fsp3) is 0.412. The van der Waals surface area contributed by atoms with Crippen molar-refractivity contribution in [3.8, 4) is 5.75 Å². The maximum absolute atomic E-state index is 12.0. The molecule has 1 aliphatic heterocycles. The van der Waals surface area contributed by atoms with Crippen LogP contribution in [0.2, 0.25) is 0 Å². The van der Waals surface area contributed by atoms with Gasteiger partial charge in [0.15, 0.2) is 0 Å². The minimum Gasteiger partial charge on any atom is -0.461 e. The topological polar surface area (TPSA) is 52.6 Å². The van der Waals surface area contributed by atoms with Crippen LogP contribution in [0.1, 0.15) is 12.8 Å². The van der Waals surface area contributed by atoms with Crippen LogP contribution in [0.4, 0.5) is 0 Å². The van der Waals surface area contributed by atoms with Gasteiger partial charge in [-0.25, -0.2) is 0 Å². The molecule has 4 nitrogen and oxygen atoms in total. The Labute approximate surface area is 166 Å². The Bertz CT molecular complexity index is 662. The molecule has 1 aromatic carbocycles. The van der Waals surface area contributed by atoms with Crippen molar-refractivity contribution in [3.05, 3.63) is 24.3 Å². The summed E-state index contributed by atoms with van der Waals surface area (Å²) in [7, 11) is 17.1. The molecular formula is C17H17B3O4S2. The molecule has 0 aliphatic carbocycles. The molecule has 1 aliphatic rings. The number of carbonyl (C=O) groups excluding carboxylic acids is 2. The Kier molecular flexibility index (Phi) is 8.29. The highest BCUT2D eigenvalue weighted by atomic mass is 32.2. The second-order valence-electron chi connectivity index (χ2n) is 5.89. The van der Waals surface area contributed by atoms with E-state index in [0.717, 1.165) is 23.0 Å². The summed E-state index contributed by atoms with van der Waals surface area (Å²) in [6.07, 6.45) is -0.345. The smallest absolute Gasteiger partial charge is 0.311 e. The van der Waals surface area contributed by atoms with Crippen molar-refractivity contribution in [1.29, 1.82) is 0 Å². The van der Waals surface area contributed by atoms with E-state index in [4.69, 9.17) is 33.0 Å². The molecule has 0 spiro atoms. The van der Waals surface area contributed by atoms with E-state index in [1.165, 1.54) is 17.7 Å². The Hall–Kier alpha value is -1.21. The monoisotopic (exact) mass is 382 g/mol. The molecule has 2 rings (SSSR count). The zero-order valence-electron chi connectivity index (χ0n) is 14.4. The first-order chi connectivity index (χ1) is 12.3. The molecule has 0 aromatic heterocycles. The zero-order chi connectivity index (χ0) is 19.1. The maximum Gasteiger partial charge on any atom is 0.311 e. The van der Waals surface area contributed by atoms with E-state index in [2.05, 4.69) is 6.58 Å². The summed E-state index contributed by atoms with van der Waals surface area (Å²) < 4.78 is 10.6. The number of benzene rings is 1. The molecule has 0 bridgehead atoms. The molecule has 0 N–H and O–H groups in total. The first-order valence-corrected chi connectivity index (χ1v) is 10.3. The van der Waals surface area contributed by atoms with E-state index >= 15 is 0 Å². The van der Waals surface area contributed by atoms with Gasteiger partial charge in [-0.1, -0.05) is 40.7 Å². The summed E-state index contributed by atoms with van der Waals surface area (Å²) in [5.41, 5.74) is 1.91. The normalized spacial score (nSPS) is 15.8. The van der Waals surface area contributed by atoms with Gasteiger partial charge in [-0.05, 0) is 0 Å². The van der Waals surface area contributed by atoms with Crippen molar-refractivity contribution in [2.45, 2.75) is 18.9 Å². The van der Waals surface area contributed by atoms with Crippen molar-refractivity contribution in [1.82, 2.24) is 0 Å². The van der Waals surface area contributed by atoms with E-state index in [9.17, 15) is 9.59 Å². The van der Waals surface area contributed by atoms with Gasteiger partial charge in [0.25, 0.3) is 0 Å². The van der Waals surface area contributed by atoms with E-state index in [1.54, 1.807) is 23.5 Å². The van der Waals surface area contributed by atoms with Crippen LogP contribution < -0.4 is 21.1 Å². The number of esters is 2. The van der Waals surface area contributed by atoms with Gasteiger partial charge in [0.05, 0.1) is 12.8 Å². The molecule has 1 heterocycles. The number of thioether (sulfide) groups is 2. The van der Waals surface area contributed by atoms with Crippen molar-refractivity contribution >= 4 is 75.4 Å². The summed E-state index contributed by atoms with van der Waals surface area (Å²) in [5.74, 6) is 2.22. The first kappa shape index (κ1) is 21.1. The maximum atomic E-state index is 12.0. The fourth-order valence-electron chi connectivity index (χ4n) is 2.26. The molecular weight excluding hydrogens is 365 g/mol. The van der Waals surface area contributed by atoms with Crippen LogP contribution in [-0.2, 0) is 14.3 Å². The first-order valence-electron chi connectivity index (χ1n) is 8.02. The van der Waals surface area contributed by atoms with Gasteiger partial charge >= 0.3 is 11.9 Å². The SMILES string of the molecule is [B]c1cc([B])c(OC(=O)CCC(=O)OC2CSCC(=C)CSC2)c([B])c1. The number of hydrogen-bond acceptors (Lipinski definition) is 6. The molecule has 9 heteroatoms. The highest BCUT2D eigenvalue weighted by Gasteiger charge is 2.19. The second-order valence-corrected chi connectivity index (χ2v) is 7.96. The van der Waals surface area contributed by atoms with Gasteiger partial charge < -0.3 is 9.47 Å². The van der Waals surface area contributed by atoms with Gasteiger partial charge in [-0.2, -0.15) is 23.5 Å². The minimum atomic E-state index is -0.608. The third-order valence-corrected chi connectivity index (χ3v) is 5.88. The third-order valence-electron chi connectivity index (χ3n) is 3.44. The zero-order valence-corrected chi connectivity index (χ0v) is 16.0. The summed E-state index contributed by atoms with van der Waals surface area (Å²) in [6, 6.07) is 2.90. The summed E-state index contributed by atoms with van der Waals surface area (Å²) in [4.78, 5) is 23.9. The quantitative estimate of drug-likeness (QED) is 0.302. The number of hydrogen-bond donors (Lipinski definition) is 0. The summed E-state index contributed by atoms with van der Waals surface area (Å²) in [5, 5.41) is 0. The van der Waals surface area contributed by atoms with Gasteiger partial charge in [-0.15, -0.1) is 0 Å². The summed E-state index contributed by atoms with van der Waals surface area (Å²) in [6.45, 7) is 3.98. The van der Waals surface area contributed by atoms with Crippen LogP contribution in [0.15, 0.2) is 24.3 Å². The molecule has 0 amide bonds. The fourth-order valence-corrected chi connectivity index (χ4v) is 4.45. The predicted molar refractivity (Wildman–Crippen MR) is 111 cm³/mol. The molecule has 0 unspecified atom stereocenters. The molecule has 1 saturated heterocycles. The molecule has 1 fully saturated rings. The van der Waals surface area contributed by atoms with Crippen molar-refractivity contribution in [2.24, 2.45) is 0 Å². The van der Waals surface area contributed by atoms with Crippen LogP contribution in [-0.4, -0.2) is 64.6 Å². The molecule has 6 radical (unpaired) electrons. The second kappa shape index (κ2) is 10.2. The summed E-state index contributed by atoms with van der Waals surface area (Å²) >= 11 is 3.40. The molecule has 130 valence electrons. The molecule has 1 aromatic rings. The highest BCUT2D eigenvalue weighted by molar-refractivity contribution is 8.01. The lowest BCUT2D eigenvalue weighted by molar-refractivity contribution is -0.149. The van der Waals surface area contributed by atoms with Crippen molar-refractivity contribution < 1.29 is 19.1 Å². The van der Waals surface area contributed by atoms with Gasteiger partial charge in [0.1, 0.15) is 35.4 Å². The van der Waals surface area contributed by atoms with Gasteiger partial charge in [0.2, 0.25) is 0 Å². The third kappa shape index (κ3) is 6.84. The van der Waals surface area contributed by atoms with Crippen LogP contribution >= 0.6 is 23.5 Å². The highest BCUT2D eigenvalue weighted by Crippen LogP contribution is 2.21. The van der Waals surface area contributed by atoms with Crippen molar-refractivity contribution in [2.75, 3.05) is 23.0 Å². The van der Waals surface area contributed by atoms with Crippen LogP contribution in [0, 0.1) is 0 Å². The van der Waals surface area contributed by atoms with Crippen molar-refractivity contribution in [3.63, 3.8) is 0 Å². The number of rotatable bonds is 5.